The topological polar surface area (TPSA) is 79.4 Å². The van der Waals surface area contributed by atoms with Crippen LogP contribution in [0.4, 0.5) is 4.39 Å². The van der Waals surface area contributed by atoms with E-state index in [1.807, 2.05) is 0 Å². The fraction of sp³-hybridized carbons (Fsp3) is 0.222. The number of ketones is 1. The van der Waals surface area contributed by atoms with Crippen LogP contribution in [0.15, 0.2) is 52.6 Å². The largest absolute Gasteiger partial charge is 0.494 e. The Morgan fingerprint density at radius 1 is 1.36 bits per heavy atom. The molecule has 0 spiro atoms. The summed E-state index contributed by atoms with van der Waals surface area (Å²) in [4.78, 5) is 25.7. The Morgan fingerprint density at radius 3 is 2.56 bits per heavy atom. The third-order valence-corrected chi connectivity index (χ3v) is 4.22. The molecule has 132 valence electrons. The van der Waals surface area contributed by atoms with Crippen molar-refractivity contribution >= 4 is 17.1 Å². The molecule has 0 fully saturated rings. The first-order valence-electron chi connectivity index (χ1n) is 7.55. The molecule has 1 heterocycles. The fourth-order valence-electron chi connectivity index (χ4n) is 2.13. The number of carbonyl (C=O) groups is 1. The Kier molecular flexibility index (Phi) is 6.30. The molecule has 0 saturated carbocycles. The molecule has 2 aromatic rings. The smallest absolute Gasteiger partial charge is 0.307 e. The third kappa shape index (κ3) is 5.42. The zero-order chi connectivity index (χ0) is 18.4. The van der Waals surface area contributed by atoms with Crippen molar-refractivity contribution in [3.8, 4) is 11.6 Å². The van der Waals surface area contributed by atoms with Gasteiger partial charge in [0.15, 0.2) is 12.4 Å². The Hall–Kier alpha value is -2.67. The molecule has 2 rings (SSSR count). The van der Waals surface area contributed by atoms with Gasteiger partial charge in [0.25, 0.3) is 0 Å². The molecule has 5 nitrogen and oxygen atoms in total. The number of Topliss-reactive ketones (excluding diaryl/α,β-unsaturated/α-hetero) is 1. The molecular weight excluding hydrogens is 345 g/mol. The Balaban J connectivity index is 1.96. The van der Waals surface area contributed by atoms with E-state index in [1.165, 1.54) is 19.1 Å². The lowest BCUT2D eigenvalue weighted by Crippen LogP contribution is -2.12. The van der Waals surface area contributed by atoms with Crippen LogP contribution in [0.3, 0.4) is 0 Å². The number of rotatable bonds is 7. The minimum Gasteiger partial charge on any atom is -0.494 e. The van der Waals surface area contributed by atoms with Gasteiger partial charge in [-0.05, 0) is 37.6 Å². The molecule has 0 unspecified atom stereocenters. The quantitative estimate of drug-likeness (QED) is 0.583. The summed E-state index contributed by atoms with van der Waals surface area (Å²) in [5.41, 5.74) is 1.14. The number of nitrogens with one attached hydrogen (secondary N) is 1. The van der Waals surface area contributed by atoms with Gasteiger partial charge in [0.1, 0.15) is 5.75 Å². The fourth-order valence-corrected chi connectivity index (χ4v) is 2.89. The number of allylic oxidation sites excluding steroid dienone is 3. The molecule has 1 aromatic heterocycles. The Labute approximate surface area is 148 Å². The maximum Gasteiger partial charge on any atom is 0.307 e. The lowest BCUT2D eigenvalue weighted by atomic mass is 10.1. The van der Waals surface area contributed by atoms with Crippen molar-refractivity contribution < 1.29 is 19.0 Å². The molecular formula is C18H18FNO4S. The normalized spacial score (nSPS) is 12.3. The van der Waals surface area contributed by atoms with Crippen LogP contribution >= 0.6 is 11.3 Å². The maximum absolute atomic E-state index is 12.9. The number of halogens is 1. The molecule has 0 atom stereocenters. The van der Waals surface area contributed by atoms with Crippen LogP contribution in [0.1, 0.15) is 24.3 Å². The van der Waals surface area contributed by atoms with Crippen molar-refractivity contribution in [2.24, 2.45) is 0 Å². The number of aromatic nitrogens is 1. The van der Waals surface area contributed by atoms with Gasteiger partial charge in [-0.1, -0.05) is 29.5 Å². The van der Waals surface area contributed by atoms with Gasteiger partial charge in [-0.3, -0.25) is 14.6 Å². The summed E-state index contributed by atoms with van der Waals surface area (Å²) in [5, 5.41) is 9.59. The van der Waals surface area contributed by atoms with Gasteiger partial charge >= 0.3 is 4.87 Å². The van der Waals surface area contributed by atoms with Crippen LogP contribution < -0.4 is 9.61 Å². The SMILES string of the molecule is CC=C(C=C(C)F)C(=O)COc1ccc(Cc2sc(=O)[nH]c2O)cc1. The van der Waals surface area contributed by atoms with Crippen LogP contribution in [0, 0.1) is 0 Å². The highest BCUT2D eigenvalue weighted by Crippen LogP contribution is 2.21. The highest BCUT2D eigenvalue weighted by molar-refractivity contribution is 7.09. The summed E-state index contributed by atoms with van der Waals surface area (Å²) in [5.74, 6) is -0.372. The van der Waals surface area contributed by atoms with E-state index in [0.717, 1.165) is 16.9 Å². The molecule has 7 heteroatoms. The summed E-state index contributed by atoms with van der Waals surface area (Å²) in [6, 6.07) is 6.96. The first-order valence-corrected chi connectivity index (χ1v) is 8.36. The zero-order valence-corrected chi connectivity index (χ0v) is 14.7. The van der Waals surface area contributed by atoms with E-state index < -0.39 is 5.83 Å². The number of hydrogen-bond donors (Lipinski definition) is 2. The molecule has 25 heavy (non-hydrogen) atoms. The van der Waals surface area contributed by atoms with Crippen LogP contribution in [0.25, 0.3) is 0 Å². The lowest BCUT2D eigenvalue weighted by Gasteiger charge is -2.07. The van der Waals surface area contributed by atoms with Crippen molar-refractivity contribution in [1.29, 1.82) is 0 Å². The number of aromatic hydroxyl groups is 1. The summed E-state index contributed by atoms with van der Waals surface area (Å²) in [6.45, 7) is 2.74. The number of benzene rings is 1. The van der Waals surface area contributed by atoms with Gasteiger partial charge in [0.2, 0.25) is 5.88 Å². The minimum absolute atomic E-state index is 0.115. The van der Waals surface area contributed by atoms with Gasteiger partial charge in [-0.2, -0.15) is 0 Å². The number of ether oxygens (including phenoxy) is 1. The predicted octanol–water partition coefficient (Wildman–Crippen LogP) is 3.50. The summed E-state index contributed by atoms with van der Waals surface area (Å²) >= 11 is 0.959. The number of aromatic amines is 1. The zero-order valence-electron chi connectivity index (χ0n) is 13.8. The minimum atomic E-state index is -0.443. The second-order valence-electron chi connectivity index (χ2n) is 5.29. The van der Waals surface area contributed by atoms with Gasteiger partial charge in [0, 0.05) is 12.0 Å². The number of hydrogen-bond acceptors (Lipinski definition) is 5. The van der Waals surface area contributed by atoms with E-state index in [-0.39, 0.29) is 28.7 Å². The Bertz CT molecular complexity index is 858. The highest BCUT2D eigenvalue weighted by Gasteiger charge is 2.10. The van der Waals surface area contributed by atoms with Crippen molar-refractivity contribution in [3.05, 3.63) is 67.9 Å². The molecule has 0 radical (unpaired) electrons. The van der Waals surface area contributed by atoms with Gasteiger partial charge in [-0.25, -0.2) is 4.39 Å². The van der Waals surface area contributed by atoms with E-state index in [0.29, 0.717) is 17.0 Å². The van der Waals surface area contributed by atoms with E-state index in [1.54, 1.807) is 31.2 Å². The van der Waals surface area contributed by atoms with Crippen LogP contribution in [0.2, 0.25) is 0 Å². The monoisotopic (exact) mass is 363 g/mol. The number of thiazole rings is 1. The third-order valence-electron chi connectivity index (χ3n) is 3.35. The molecule has 0 saturated heterocycles. The van der Waals surface area contributed by atoms with E-state index in [4.69, 9.17) is 4.74 Å². The molecule has 0 bridgehead atoms. The molecule has 0 aliphatic heterocycles. The van der Waals surface area contributed by atoms with E-state index in [9.17, 15) is 19.1 Å². The first kappa shape index (κ1) is 18.7. The summed E-state index contributed by atoms with van der Waals surface area (Å²) in [7, 11) is 0. The second kappa shape index (κ2) is 8.43. The van der Waals surface area contributed by atoms with Crippen molar-refractivity contribution in [2.75, 3.05) is 6.61 Å². The van der Waals surface area contributed by atoms with Gasteiger partial charge in [0.05, 0.1) is 10.7 Å². The lowest BCUT2D eigenvalue weighted by molar-refractivity contribution is -0.117. The molecule has 0 aliphatic carbocycles. The molecule has 0 amide bonds. The number of H-pyrrole nitrogens is 1. The van der Waals surface area contributed by atoms with E-state index >= 15 is 0 Å². The molecule has 0 aliphatic rings. The Morgan fingerprint density at radius 2 is 2.04 bits per heavy atom. The summed E-state index contributed by atoms with van der Waals surface area (Å²) in [6.07, 6.45) is 3.12. The standard InChI is InChI=1S/C18H18FNO4S/c1-3-13(8-11(2)19)15(21)10-24-14-6-4-12(5-7-14)9-16-17(22)20-18(23)25-16/h3-8,22H,9-10H2,1-2H3,(H,20,23). The maximum atomic E-state index is 12.9. The van der Waals surface area contributed by atoms with Crippen molar-refractivity contribution in [3.63, 3.8) is 0 Å². The van der Waals surface area contributed by atoms with E-state index in [2.05, 4.69) is 4.98 Å². The first-order chi connectivity index (χ1) is 11.9. The average molecular weight is 363 g/mol. The van der Waals surface area contributed by atoms with Crippen molar-refractivity contribution in [2.45, 2.75) is 20.3 Å². The van der Waals surface area contributed by atoms with Crippen LogP contribution in [-0.2, 0) is 11.2 Å². The van der Waals surface area contributed by atoms with Crippen LogP contribution in [0.5, 0.6) is 11.6 Å². The van der Waals surface area contributed by atoms with Gasteiger partial charge < -0.3 is 9.84 Å². The average Bonchev–Trinajstić information content (AvgIpc) is 2.88. The van der Waals surface area contributed by atoms with Gasteiger partial charge in [-0.15, -0.1) is 0 Å². The second-order valence-corrected chi connectivity index (χ2v) is 6.36. The predicted molar refractivity (Wildman–Crippen MR) is 95.0 cm³/mol. The van der Waals surface area contributed by atoms with Crippen LogP contribution in [-0.4, -0.2) is 22.5 Å². The highest BCUT2D eigenvalue weighted by atomic mass is 32.1. The van der Waals surface area contributed by atoms with Crippen molar-refractivity contribution in [1.82, 2.24) is 4.98 Å². The molecule has 2 N–H and O–H groups in total. The molecule has 1 aromatic carbocycles. The number of carbonyl (C=O) groups excluding carboxylic acids is 1. The summed E-state index contributed by atoms with van der Waals surface area (Å²) < 4.78 is 18.3.